The molecule has 0 atom stereocenters. The zero-order chi connectivity index (χ0) is 15.9. The number of rotatable bonds is 6. The van der Waals surface area contributed by atoms with Crippen LogP contribution >= 0.6 is 0 Å². The molecule has 22 heavy (non-hydrogen) atoms. The second-order valence-corrected chi connectivity index (χ2v) is 5.59. The van der Waals surface area contributed by atoms with Crippen molar-refractivity contribution in [1.29, 1.82) is 0 Å². The lowest BCUT2D eigenvalue weighted by Crippen LogP contribution is -2.06. The molecule has 0 aliphatic rings. The summed E-state index contributed by atoms with van der Waals surface area (Å²) in [5, 5.41) is 3.39. The fourth-order valence-electron chi connectivity index (χ4n) is 2.62. The smallest absolute Gasteiger partial charge is 0.126 e. The maximum absolute atomic E-state index is 13.6. The number of halogens is 1. The summed E-state index contributed by atoms with van der Waals surface area (Å²) in [5.74, 6) is -0.129. The number of hydrogen-bond donors (Lipinski definition) is 1. The van der Waals surface area contributed by atoms with Crippen molar-refractivity contribution in [3.8, 4) is 0 Å². The third-order valence-corrected chi connectivity index (χ3v) is 3.85. The first-order chi connectivity index (χ1) is 10.6. The van der Waals surface area contributed by atoms with Crippen LogP contribution in [-0.2, 0) is 6.42 Å². The molecule has 2 heteroatoms. The molecule has 0 amide bonds. The van der Waals surface area contributed by atoms with Gasteiger partial charge in [-0.25, -0.2) is 4.39 Å². The number of hydrogen-bond acceptors (Lipinski definition) is 1. The number of aryl methyl sites for hydroxylation is 1. The van der Waals surface area contributed by atoms with Crippen LogP contribution in [0.15, 0.2) is 48.5 Å². The normalized spacial score (nSPS) is 11.5. The quantitative estimate of drug-likeness (QED) is 0.731. The molecule has 0 aromatic heterocycles. The Kier molecular flexibility index (Phi) is 5.76. The van der Waals surface area contributed by atoms with E-state index in [2.05, 4.69) is 50.4 Å². The maximum atomic E-state index is 13.6. The Hall–Kier alpha value is -2.09. The zero-order valence-corrected chi connectivity index (χ0v) is 13.6. The molecule has 0 bridgehead atoms. The summed E-state index contributed by atoms with van der Waals surface area (Å²) >= 11 is 0. The highest BCUT2D eigenvalue weighted by atomic mass is 19.1. The van der Waals surface area contributed by atoms with E-state index in [1.807, 2.05) is 12.1 Å². The zero-order valence-electron chi connectivity index (χ0n) is 13.6. The molecular weight excluding hydrogens is 273 g/mol. The van der Waals surface area contributed by atoms with Crippen LogP contribution in [-0.4, -0.2) is 6.54 Å². The first-order valence-electron chi connectivity index (χ1n) is 7.87. The minimum atomic E-state index is -0.129. The molecule has 1 nitrogen and oxygen atoms in total. The van der Waals surface area contributed by atoms with Gasteiger partial charge in [0.2, 0.25) is 0 Å². The van der Waals surface area contributed by atoms with Crippen molar-refractivity contribution in [2.45, 2.75) is 33.6 Å². The highest BCUT2D eigenvalue weighted by Crippen LogP contribution is 2.23. The summed E-state index contributed by atoms with van der Waals surface area (Å²) in [6.07, 6.45) is 3.96. The Bertz CT molecular complexity index is 659. The molecule has 116 valence electrons. The fraction of sp³-hybridized carbons (Fsp3) is 0.300. The largest absolute Gasteiger partial charge is 0.385 e. The average Bonchev–Trinajstić information content (AvgIpc) is 2.51. The number of anilines is 1. The molecule has 0 unspecified atom stereocenters. The Morgan fingerprint density at radius 3 is 2.68 bits per heavy atom. The lowest BCUT2D eigenvalue weighted by atomic mass is 10.00. The summed E-state index contributed by atoms with van der Waals surface area (Å²) < 4.78 is 13.6. The van der Waals surface area contributed by atoms with Gasteiger partial charge in [-0.15, -0.1) is 0 Å². The first-order valence-corrected chi connectivity index (χ1v) is 7.87. The topological polar surface area (TPSA) is 12.0 Å². The van der Waals surface area contributed by atoms with Crippen molar-refractivity contribution in [3.63, 3.8) is 0 Å². The molecule has 2 rings (SSSR count). The van der Waals surface area contributed by atoms with Gasteiger partial charge in [-0.1, -0.05) is 37.3 Å². The summed E-state index contributed by atoms with van der Waals surface area (Å²) in [6.45, 7) is 7.15. The van der Waals surface area contributed by atoms with E-state index in [9.17, 15) is 4.39 Å². The minimum absolute atomic E-state index is 0.129. The second kappa shape index (κ2) is 7.79. The molecule has 0 spiro atoms. The van der Waals surface area contributed by atoms with Gasteiger partial charge in [0, 0.05) is 12.2 Å². The molecule has 0 aliphatic heterocycles. The lowest BCUT2D eigenvalue weighted by Gasteiger charge is -2.12. The van der Waals surface area contributed by atoms with Gasteiger partial charge in [-0.05, 0) is 67.2 Å². The lowest BCUT2D eigenvalue weighted by molar-refractivity contribution is 0.610. The van der Waals surface area contributed by atoms with Crippen molar-refractivity contribution >= 4 is 11.3 Å². The summed E-state index contributed by atoms with van der Waals surface area (Å²) in [7, 11) is 0. The maximum Gasteiger partial charge on any atom is 0.126 e. The predicted octanol–water partition coefficient (Wildman–Crippen LogP) is 5.60. The van der Waals surface area contributed by atoms with Crippen LogP contribution in [0, 0.1) is 12.7 Å². The number of allylic oxidation sites excluding steroid dienone is 2. The van der Waals surface area contributed by atoms with Gasteiger partial charge in [-0.3, -0.25) is 0 Å². The molecule has 0 fully saturated rings. The van der Waals surface area contributed by atoms with Crippen molar-refractivity contribution in [1.82, 2.24) is 0 Å². The Morgan fingerprint density at radius 1 is 1.18 bits per heavy atom. The average molecular weight is 297 g/mol. The van der Waals surface area contributed by atoms with Crippen molar-refractivity contribution < 1.29 is 4.39 Å². The monoisotopic (exact) mass is 297 g/mol. The highest BCUT2D eigenvalue weighted by molar-refractivity contribution is 5.70. The second-order valence-electron chi connectivity index (χ2n) is 5.59. The Labute approximate surface area is 132 Å². The SMILES string of the molecule is CC/C=C(/C)c1cc(NCCc2ccccc2F)ccc1C. The van der Waals surface area contributed by atoms with E-state index < -0.39 is 0 Å². The standard InChI is InChI=1S/C20H24FN/c1-4-7-15(2)19-14-18(11-10-16(19)3)22-13-12-17-8-5-6-9-20(17)21/h5-11,14,22H,4,12-13H2,1-3H3/b15-7-. The van der Waals surface area contributed by atoms with E-state index in [0.29, 0.717) is 6.42 Å². The van der Waals surface area contributed by atoms with E-state index in [4.69, 9.17) is 0 Å². The van der Waals surface area contributed by atoms with Gasteiger partial charge >= 0.3 is 0 Å². The van der Waals surface area contributed by atoms with E-state index in [1.54, 1.807) is 6.07 Å². The molecular formula is C20H24FN. The third-order valence-electron chi connectivity index (χ3n) is 3.85. The van der Waals surface area contributed by atoms with Crippen LogP contribution in [0.5, 0.6) is 0 Å². The summed E-state index contributed by atoms with van der Waals surface area (Å²) in [6, 6.07) is 13.3. The van der Waals surface area contributed by atoms with Gasteiger partial charge in [0.05, 0.1) is 0 Å². The third kappa shape index (κ3) is 4.20. The van der Waals surface area contributed by atoms with E-state index in [0.717, 1.165) is 24.2 Å². The van der Waals surface area contributed by atoms with Crippen LogP contribution in [0.25, 0.3) is 5.57 Å². The molecule has 0 heterocycles. The Balaban J connectivity index is 2.03. The van der Waals surface area contributed by atoms with Crippen molar-refractivity contribution in [2.75, 3.05) is 11.9 Å². The first kappa shape index (κ1) is 16.3. The molecule has 0 radical (unpaired) electrons. The minimum Gasteiger partial charge on any atom is -0.385 e. The molecule has 1 N–H and O–H groups in total. The van der Waals surface area contributed by atoms with Crippen LogP contribution in [0.3, 0.4) is 0 Å². The molecule has 2 aromatic carbocycles. The van der Waals surface area contributed by atoms with Gasteiger partial charge in [-0.2, -0.15) is 0 Å². The van der Waals surface area contributed by atoms with Crippen molar-refractivity contribution in [2.24, 2.45) is 0 Å². The van der Waals surface area contributed by atoms with E-state index in [1.165, 1.54) is 22.8 Å². The molecule has 0 aliphatic carbocycles. The van der Waals surface area contributed by atoms with Gasteiger partial charge < -0.3 is 5.32 Å². The van der Waals surface area contributed by atoms with Crippen molar-refractivity contribution in [3.05, 3.63) is 71.0 Å². The highest BCUT2D eigenvalue weighted by Gasteiger charge is 2.03. The van der Waals surface area contributed by atoms with Gasteiger partial charge in [0.1, 0.15) is 5.82 Å². The van der Waals surface area contributed by atoms with Crippen LogP contribution < -0.4 is 5.32 Å². The Morgan fingerprint density at radius 2 is 1.95 bits per heavy atom. The number of benzene rings is 2. The summed E-state index contributed by atoms with van der Waals surface area (Å²) in [5.41, 5.74) is 5.70. The fourth-order valence-corrected chi connectivity index (χ4v) is 2.62. The van der Waals surface area contributed by atoms with Crippen LogP contribution in [0.2, 0.25) is 0 Å². The number of nitrogens with one attached hydrogen (secondary N) is 1. The van der Waals surface area contributed by atoms with E-state index >= 15 is 0 Å². The van der Waals surface area contributed by atoms with Crippen LogP contribution in [0.1, 0.15) is 37.0 Å². The predicted molar refractivity (Wildman–Crippen MR) is 93.7 cm³/mol. The molecule has 2 aromatic rings. The summed E-state index contributed by atoms with van der Waals surface area (Å²) in [4.78, 5) is 0. The van der Waals surface area contributed by atoms with Gasteiger partial charge in [0.25, 0.3) is 0 Å². The van der Waals surface area contributed by atoms with Crippen LogP contribution in [0.4, 0.5) is 10.1 Å². The van der Waals surface area contributed by atoms with E-state index in [-0.39, 0.29) is 5.82 Å². The molecule has 0 saturated carbocycles. The van der Waals surface area contributed by atoms with Gasteiger partial charge in [0.15, 0.2) is 0 Å². The molecule has 0 saturated heterocycles.